The van der Waals surface area contributed by atoms with Crippen LogP contribution < -0.4 is 15.8 Å². The Hall–Kier alpha value is -3.52. The number of rotatable bonds is 5. The molecule has 0 bridgehead atoms. The standard InChI is InChI=1S/C25H25N5O2S/c1-16-9-8-10-17(2)20(16)26-19(31)15-30-24(32)22-23(21(28-30)18-11-4-3-5-12-18)33-25(27-22)29-13-6-7-14-29/h3-5,8-12H,6-7,13-15H2,1-2H3,(H,26,31). The van der Waals surface area contributed by atoms with Crippen LogP contribution in [0.4, 0.5) is 10.8 Å². The van der Waals surface area contributed by atoms with E-state index in [0.717, 1.165) is 58.1 Å². The number of amides is 1. The van der Waals surface area contributed by atoms with Crippen molar-refractivity contribution < 1.29 is 4.79 Å². The van der Waals surface area contributed by atoms with Gasteiger partial charge in [-0.2, -0.15) is 5.10 Å². The SMILES string of the molecule is Cc1cccc(C)c1NC(=O)Cn1nc(-c2ccccc2)c2sc(N3CCCC3)nc2c1=O. The molecule has 2 aromatic carbocycles. The van der Waals surface area contributed by atoms with Crippen molar-refractivity contribution in [3.63, 3.8) is 0 Å². The van der Waals surface area contributed by atoms with E-state index in [1.165, 1.54) is 16.0 Å². The molecule has 0 radical (unpaired) electrons. The lowest BCUT2D eigenvalue weighted by Gasteiger charge is -2.12. The van der Waals surface area contributed by atoms with Gasteiger partial charge in [-0.3, -0.25) is 9.59 Å². The summed E-state index contributed by atoms with van der Waals surface area (Å²) < 4.78 is 2.00. The molecule has 5 rings (SSSR count). The number of carbonyl (C=O) groups excluding carboxylic acids is 1. The van der Waals surface area contributed by atoms with Crippen LogP contribution in [0.1, 0.15) is 24.0 Å². The highest BCUT2D eigenvalue weighted by Crippen LogP contribution is 2.34. The predicted octanol–water partition coefficient (Wildman–Crippen LogP) is 4.38. The summed E-state index contributed by atoms with van der Waals surface area (Å²) in [6.07, 6.45) is 2.25. The fraction of sp³-hybridized carbons (Fsp3) is 0.280. The molecule has 1 aliphatic rings. The van der Waals surface area contributed by atoms with Gasteiger partial charge < -0.3 is 10.2 Å². The van der Waals surface area contributed by atoms with E-state index < -0.39 is 0 Å². The topological polar surface area (TPSA) is 80.1 Å². The Morgan fingerprint density at radius 3 is 2.42 bits per heavy atom. The highest BCUT2D eigenvalue weighted by Gasteiger charge is 2.22. The number of benzene rings is 2. The van der Waals surface area contributed by atoms with Gasteiger partial charge in [0.15, 0.2) is 10.6 Å². The molecule has 0 unspecified atom stereocenters. The van der Waals surface area contributed by atoms with Crippen LogP contribution in [-0.2, 0) is 11.3 Å². The molecule has 1 N–H and O–H groups in total. The molecule has 1 saturated heterocycles. The van der Waals surface area contributed by atoms with Crippen molar-refractivity contribution >= 4 is 38.3 Å². The summed E-state index contributed by atoms with van der Waals surface area (Å²) in [5, 5.41) is 8.42. The normalized spacial score (nSPS) is 13.6. The Balaban J connectivity index is 1.56. The molecule has 1 aliphatic heterocycles. The first-order chi connectivity index (χ1) is 16.0. The molecule has 2 aromatic heterocycles. The minimum atomic E-state index is -0.344. The van der Waals surface area contributed by atoms with Gasteiger partial charge >= 0.3 is 0 Å². The second-order valence-corrected chi connectivity index (χ2v) is 9.34. The summed E-state index contributed by atoms with van der Waals surface area (Å²) in [7, 11) is 0. The number of fused-ring (bicyclic) bond motifs is 1. The molecule has 8 heteroatoms. The number of thiazole rings is 1. The lowest BCUT2D eigenvalue weighted by molar-refractivity contribution is -0.117. The van der Waals surface area contributed by atoms with Crippen molar-refractivity contribution in [3.8, 4) is 11.3 Å². The van der Waals surface area contributed by atoms with E-state index in [1.54, 1.807) is 0 Å². The van der Waals surface area contributed by atoms with Gasteiger partial charge in [0.25, 0.3) is 5.56 Å². The monoisotopic (exact) mass is 459 g/mol. The maximum Gasteiger partial charge on any atom is 0.294 e. The van der Waals surface area contributed by atoms with E-state index in [-0.39, 0.29) is 18.0 Å². The third-order valence-electron chi connectivity index (χ3n) is 5.95. The van der Waals surface area contributed by atoms with Gasteiger partial charge in [-0.25, -0.2) is 9.67 Å². The molecule has 3 heterocycles. The first-order valence-electron chi connectivity index (χ1n) is 11.1. The average molecular weight is 460 g/mol. The maximum atomic E-state index is 13.3. The van der Waals surface area contributed by atoms with Crippen molar-refractivity contribution in [1.29, 1.82) is 0 Å². The molecule has 0 atom stereocenters. The molecular weight excluding hydrogens is 434 g/mol. The molecule has 33 heavy (non-hydrogen) atoms. The Kier molecular flexibility index (Phi) is 5.68. The van der Waals surface area contributed by atoms with E-state index in [1.807, 2.05) is 62.4 Å². The fourth-order valence-corrected chi connectivity index (χ4v) is 5.33. The Bertz CT molecular complexity index is 1370. The zero-order chi connectivity index (χ0) is 22.9. The zero-order valence-electron chi connectivity index (χ0n) is 18.7. The van der Waals surface area contributed by atoms with Crippen LogP contribution in [0.3, 0.4) is 0 Å². The largest absolute Gasteiger partial charge is 0.348 e. The number of anilines is 2. The molecule has 0 aliphatic carbocycles. The van der Waals surface area contributed by atoms with Gasteiger partial charge in [0.2, 0.25) is 5.91 Å². The number of para-hydroxylation sites is 1. The van der Waals surface area contributed by atoms with Crippen molar-refractivity contribution in [2.75, 3.05) is 23.3 Å². The van der Waals surface area contributed by atoms with Crippen molar-refractivity contribution in [2.24, 2.45) is 0 Å². The third kappa shape index (κ3) is 4.14. The van der Waals surface area contributed by atoms with Gasteiger partial charge in [-0.1, -0.05) is 59.9 Å². The van der Waals surface area contributed by atoms with Crippen LogP contribution in [0, 0.1) is 13.8 Å². The van der Waals surface area contributed by atoms with Gasteiger partial charge in [-0.15, -0.1) is 0 Å². The molecule has 168 valence electrons. The third-order valence-corrected chi connectivity index (χ3v) is 7.07. The minimum absolute atomic E-state index is 0.182. The first kappa shape index (κ1) is 21.3. The van der Waals surface area contributed by atoms with Gasteiger partial charge in [0, 0.05) is 24.3 Å². The van der Waals surface area contributed by atoms with Crippen molar-refractivity contribution in [2.45, 2.75) is 33.2 Å². The average Bonchev–Trinajstić information content (AvgIpc) is 3.49. The minimum Gasteiger partial charge on any atom is -0.348 e. The van der Waals surface area contributed by atoms with Gasteiger partial charge in [0.05, 0.1) is 4.70 Å². The number of aromatic nitrogens is 3. The first-order valence-corrected chi connectivity index (χ1v) is 11.9. The van der Waals surface area contributed by atoms with E-state index in [0.29, 0.717) is 11.2 Å². The zero-order valence-corrected chi connectivity index (χ0v) is 19.5. The van der Waals surface area contributed by atoms with Crippen LogP contribution in [0.25, 0.3) is 21.5 Å². The number of hydrogen-bond acceptors (Lipinski definition) is 6. The summed E-state index contributed by atoms with van der Waals surface area (Å²) in [5.41, 5.74) is 4.30. The number of nitrogens with one attached hydrogen (secondary N) is 1. The summed E-state index contributed by atoms with van der Waals surface area (Å²) in [4.78, 5) is 33.1. The maximum absolute atomic E-state index is 13.3. The second kappa shape index (κ2) is 8.78. The Morgan fingerprint density at radius 2 is 1.73 bits per heavy atom. The van der Waals surface area contributed by atoms with E-state index in [4.69, 9.17) is 4.98 Å². The van der Waals surface area contributed by atoms with Gasteiger partial charge in [0.1, 0.15) is 12.2 Å². The lowest BCUT2D eigenvalue weighted by atomic mass is 10.1. The number of carbonyl (C=O) groups is 1. The molecule has 4 aromatic rings. The van der Waals surface area contributed by atoms with Crippen LogP contribution >= 0.6 is 11.3 Å². The Morgan fingerprint density at radius 1 is 1.03 bits per heavy atom. The number of nitrogens with zero attached hydrogens (tertiary/aromatic N) is 4. The quantitative estimate of drug-likeness (QED) is 0.479. The van der Waals surface area contributed by atoms with Crippen LogP contribution in [0.5, 0.6) is 0 Å². The van der Waals surface area contributed by atoms with Gasteiger partial charge in [-0.05, 0) is 37.8 Å². The molecule has 7 nitrogen and oxygen atoms in total. The van der Waals surface area contributed by atoms with Crippen LogP contribution in [-0.4, -0.2) is 33.8 Å². The fourth-order valence-electron chi connectivity index (χ4n) is 4.21. The van der Waals surface area contributed by atoms with E-state index >= 15 is 0 Å². The van der Waals surface area contributed by atoms with Crippen molar-refractivity contribution in [1.82, 2.24) is 14.8 Å². The highest BCUT2D eigenvalue weighted by molar-refractivity contribution is 7.22. The van der Waals surface area contributed by atoms with E-state index in [2.05, 4.69) is 15.3 Å². The smallest absolute Gasteiger partial charge is 0.294 e. The molecular formula is C25H25N5O2S. The second-order valence-electron chi connectivity index (χ2n) is 8.36. The van der Waals surface area contributed by atoms with Crippen LogP contribution in [0.15, 0.2) is 53.3 Å². The van der Waals surface area contributed by atoms with Crippen molar-refractivity contribution in [3.05, 3.63) is 70.0 Å². The molecule has 0 spiro atoms. The lowest BCUT2D eigenvalue weighted by Crippen LogP contribution is -2.30. The Labute approximate surface area is 195 Å². The summed E-state index contributed by atoms with van der Waals surface area (Å²) in [6, 6.07) is 15.6. The summed E-state index contributed by atoms with van der Waals surface area (Å²) >= 11 is 1.50. The summed E-state index contributed by atoms with van der Waals surface area (Å²) in [5.74, 6) is -0.296. The van der Waals surface area contributed by atoms with Crippen LogP contribution in [0.2, 0.25) is 0 Å². The summed E-state index contributed by atoms with van der Waals surface area (Å²) in [6.45, 7) is 5.60. The molecule has 1 fully saturated rings. The number of hydrogen-bond donors (Lipinski definition) is 1. The highest BCUT2D eigenvalue weighted by atomic mass is 32.1. The number of aryl methyl sites for hydroxylation is 2. The van der Waals surface area contributed by atoms with E-state index in [9.17, 15) is 9.59 Å². The predicted molar refractivity (Wildman–Crippen MR) is 133 cm³/mol. The molecule has 0 saturated carbocycles. The molecule has 1 amide bonds.